The lowest BCUT2D eigenvalue weighted by Gasteiger charge is -2.11. The van der Waals surface area contributed by atoms with Crippen LogP contribution in [0, 0.1) is 13.8 Å². The number of nitrogens with one attached hydrogen (secondary N) is 1. The molecule has 0 radical (unpaired) electrons. The van der Waals surface area contributed by atoms with Crippen molar-refractivity contribution in [1.82, 2.24) is 0 Å². The van der Waals surface area contributed by atoms with E-state index < -0.39 is 0 Å². The summed E-state index contributed by atoms with van der Waals surface area (Å²) >= 11 is 1.71. The summed E-state index contributed by atoms with van der Waals surface area (Å²) in [5, 5.41) is 2.91. The lowest BCUT2D eigenvalue weighted by Crippen LogP contribution is -2.20. The number of thioether (sulfide) groups is 1. The van der Waals surface area contributed by atoms with Crippen molar-refractivity contribution in [2.45, 2.75) is 25.7 Å². The van der Waals surface area contributed by atoms with Gasteiger partial charge in [0, 0.05) is 4.90 Å². The molecule has 0 saturated heterocycles. The largest absolute Gasteiger partial charge is 0.484 e. The Labute approximate surface area is 136 Å². The number of aryl methyl sites for hydroxylation is 2. The first-order valence-corrected chi connectivity index (χ1v) is 8.30. The fraction of sp³-hybridized carbons (Fsp3) is 0.278. The third kappa shape index (κ3) is 4.53. The Morgan fingerprint density at radius 3 is 2.64 bits per heavy atom. The lowest BCUT2D eigenvalue weighted by molar-refractivity contribution is -0.118. The molecule has 1 N–H and O–H groups in total. The number of ether oxygens (including phenoxy) is 1. The van der Waals surface area contributed by atoms with E-state index in [1.54, 1.807) is 11.8 Å². The second-order valence-electron chi connectivity index (χ2n) is 5.01. The highest BCUT2D eigenvalue weighted by Crippen LogP contribution is 2.26. The first-order chi connectivity index (χ1) is 10.6. The highest BCUT2D eigenvalue weighted by atomic mass is 32.2. The molecule has 4 heteroatoms. The normalized spacial score (nSPS) is 10.3. The van der Waals surface area contributed by atoms with E-state index in [0.29, 0.717) is 0 Å². The van der Waals surface area contributed by atoms with Crippen molar-refractivity contribution in [3.05, 3.63) is 53.6 Å². The molecule has 0 aromatic heterocycles. The number of rotatable bonds is 6. The van der Waals surface area contributed by atoms with Crippen molar-refractivity contribution in [3.63, 3.8) is 0 Å². The average Bonchev–Trinajstić information content (AvgIpc) is 2.51. The third-order valence-corrected chi connectivity index (χ3v) is 4.26. The summed E-state index contributed by atoms with van der Waals surface area (Å²) in [5.41, 5.74) is 3.20. The van der Waals surface area contributed by atoms with Crippen LogP contribution in [0.2, 0.25) is 0 Å². The molecule has 0 fully saturated rings. The van der Waals surface area contributed by atoms with Crippen molar-refractivity contribution in [2.24, 2.45) is 0 Å². The molecule has 1 amide bonds. The predicted molar refractivity (Wildman–Crippen MR) is 92.9 cm³/mol. The van der Waals surface area contributed by atoms with Gasteiger partial charge >= 0.3 is 0 Å². The Hall–Kier alpha value is -1.94. The van der Waals surface area contributed by atoms with Crippen LogP contribution in [0.4, 0.5) is 5.69 Å². The minimum absolute atomic E-state index is 0.00757. The first kappa shape index (κ1) is 16.4. The Bertz CT molecular complexity index is 655. The van der Waals surface area contributed by atoms with Gasteiger partial charge in [0.25, 0.3) is 5.91 Å². The van der Waals surface area contributed by atoms with Crippen LogP contribution in [0.15, 0.2) is 47.4 Å². The third-order valence-electron chi connectivity index (χ3n) is 3.31. The number of para-hydroxylation sites is 1. The molecule has 0 spiro atoms. The molecule has 2 aromatic rings. The topological polar surface area (TPSA) is 38.3 Å². The molecule has 0 bridgehead atoms. The zero-order valence-corrected chi connectivity index (χ0v) is 14.0. The summed E-state index contributed by atoms with van der Waals surface area (Å²) in [6.07, 6.45) is 0. The van der Waals surface area contributed by atoms with E-state index in [9.17, 15) is 4.79 Å². The molecular weight excluding hydrogens is 294 g/mol. The molecule has 0 atom stereocenters. The molecule has 116 valence electrons. The standard InChI is InChI=1S/C18H21NO2S/c1-4-22-17-8-6-5-7-16(17)19-18(20)12-21-15-10-9-13(2)14(3)11-15/h5-11H,4,12H2,1-3H3,(H,19,20). The predicted octanol–water partition coefficient (Wildman–Crippen LogP) is 4.43. The van der Waals surface area contributed by atoms with E-state index in [0.717, 1.165) is 27.6 Å². The Morgan fingerprint density at radius 2 is 1.91 bits per heavy atom. The number of amides is 1. The van der Waals surface area contributed by atoms with Gasteiger partial charge in [-0.3, -0.25) is 4.79 Å². The zero-order chi connectivity index (χ0) is 15.9. The minimum Gasteiger partial charge on any atom is -0.484 e. The molecule has 2 rings (SSSR count). The number of anilines is 1. The summed E-state index contributed by atoms with van der Waals surface area (Å²) in [6, 6.07) is 13.6. The molecule has 2 aromatic carbocycles. The molecule has 0 heterocycles. The highest BCUT2D eigenvalue weighted by molar-refractivity contribution is 7.99. The van der Waals surface area contributed by atoms with Gasteiger partial charge in [-0.1, -0.05) is 25.1 Å². The molecule has 0 aliphatic heterocycles. The number of hydrogen-bond acceptors (Lipinski definition) is 3. The van der Waals surface area contributed by atoms with Gasteiger partial charge < -0.3 is 10.1 Å². The van der Waals surface area contributed by atoms with E-state index in [2.05, 4.69) is 12.2 Å². The second kappa shape index (κ2) is 7.90. The van der Waals surface area contributed by atoms with Crippen LogP contribution in [0.3, 0.4) is 0 Å². The quantitative estimate of drug-likeness (QED) is 0.801. The van der Waals surface area contributed by atoms with Crippen molar-refractivity contribution >= 4 is 23.4 Å². The highest BCUT2D eigenvalue weighted by Gasteiger charge is 2.07. The van der Waals surface area contributed by atoms with Gasteiger partial charge in [0.1, 0.15) is 5.75 Å². The summed E-state index contributed by atoms with van der Waals surface area (Å²) < 4.78 is 5.56. The maximum atomic E-state index is 12.0. The molecule has 22 heavy (non-hydrogen) atoms. The first-order valence-electron chi connectivity index (χ1n) is 7.32. The van der Waals surface area contributed by atoms with Gasteiger partial charge in [-0.2, -0.15) is 0 Å². The van der Waals surface area contributed by atoms with E-state index in [1.165, 1.54) is 5.56 Å². The maximum absolute atomic E-state index is 12.0. The minimum atomic E-state index is -0.151. The van der Waals surface area contributed by atoms with Gasteiger partial charge in [-0.05, 0) is 55.0 Å². The van der Waals surface area contributed by atoms with Crippen LogP contribution in [0.5, 0.6) is 5.75 Å². The van der Waals surface area contributed by atoms with Crippen molar-refractivity contribution in [1.29, 1.82) is 0 Å². The molecular formula is C18H21NO2S. The summed E-state index contributed by atoms with van der Waals surface area (Å²) in [6.45, 7) is 6.17. The summed E-state index contributed by atoms with van der Waals surface area (Å²) in [7, 11) is 0. The Balaban J connectivity index is 1.94. The Morgan fingerprint density at radius 1 is 1.14 bits per heavy atom. The van der Waals surface area contributed by atoms with Crippen LogP contribution >= 0.6 is 11.8 Å². The average molecular weight is 315 g/mol. The fourth-order valence-electron chi connectivity index (χ4n) is 1.99. The van der Waals surface area contributed by atoms with Gasteiger partial charge in [0.2, 0.25) is 0 Å². The van der Waals surface area contributed by atoms with E-state index >= 15 is 0 Å². The van der Waals surface area contributed by atoms with Crippen molar-refractivity contribution in [2.75, 3.05) is 17.7 Å². The van der Waals surface area contributed by atoms with Gasteiger partial charge in [0.05, 0.1) is 5.69 Å². The SMILES string of the molecule is CCSc1ccccc1NC(=O)COc1ccc(C)c(C)c1. The van der Waals surface area contributed by atoms with Gasteiger partial charge in [-0.25, -0.2) is 0 Å². The smallest absolute Gasteiger partial charge is 0.262 e. The summed E-state index contributed by atoms with van der Waals surface area (Å²) in [4.78, 5) is 13.1. The fourth-order valence-corrected chi connectivity index (χ4v) is 2.75. The van der Waals surface area contributed by atoms with Crippen molar-refractivity contribution < 1.29 is 9.53 Å². The van der Waals surface area contributed by atoms with Crippen LogP contribution < -0.4 is 10.1 Å². The number of hydrogen-bond donors (Lipinski definition) is 1. The van der Waals surface area contributed by atoms with Crippen molar-refractivity contribution in [3.8, 4) is 5.75 Å². The van der Waals surface area contributed by atoms with Crippen LogP contribution in [-0.4, -0.2) is 18.3 Å². The van der Waals surface area contributed by atoms with Crippen LogP contribution in [-0.2, 0) is 4.79 Å². The number of carbonyl (C=O) groups is 1. The molecule has 3 nitrogen and oxygen atoms in total. The number of benzene rings is 2. The van der Waals surface area contributed by atoms with E-state index in [1.807, 2.05) is 56.3 Å². The zero-order valence-electron chi connectivity index (χ0n) is 13.2. The monoisotopic (exact) mass is 315 g/mol. The van der Waals surface area contributed by atoms with Gasteiger partial charge in [0.15, 0.2) is 6.61 Å². The van der Waals surface area contributed by atoms with Gasteiger partial charge in [-0.15, -0.1) is 11.8 Å². The van der Waals surface area contributed by atoms with E-state index in [-0.39, 0.29) is 12.5 Å². The van der Waals surface area contributed by atoms with Crippen LogP contribution in [0.1, 0.15) is 18.1 Å². The number of carbonyl (C=O) groups excluding carboxylic acids is 1. The maximum Gasteiger partial charge on any atom is 0.262 e. The molecule has 0 aliphatic rings. The summed E-state index contributed by atoms with van der Waals surface area (Å²) in [5.74, 6) is 1.53. The molecule has 0 unspecified atom stereocenters. The van der Waals surface area contributed by atoms with Crippen LogP contribution in [0.25, 0.3) is 0 Å². The molecule has 0 saturated carbocycles. The Kier molecular flexibility index (Phi) is 5.90. The second-order valence-corrected chi connectivity index (χ2v) is 6.32. The molecule has 0 aliphatic carbocycles. The lowest BCUT2D eigenvalue weighted by atomic mass is 10.1. The van der Waals surface area contributed by atoms with E-state index in [4.69, 9.17) is 4.74 Å².